The Kier molecular flexibility index (Phi) is 5.13. The third-order valence-corrected chi connectivity index (χ3v) is 6.71. The van der Waals surface area contributed by atoms with Gasteiger partial charge in [-0.05, 0) is 54.5 Å². The molecule has 0 unspecified atom stereocenters. The maximum atomic E-state index is 12.6. The third-order valence-electron chi connectivity index (χ3n) is 4.11. The molecule has 0 bridgehead atoms. The van der Waals surface area contributed by atoms with E-state index in [0.29, 0.717) is 14.7 Å². The summed E-state index contributed by atoms with van der Waals surface area (Å²) in [6.07, 6.45) is 0.913. The van der Waals surface area contributed by atoms with E-state index in [0.717, 1.165) is 28.7 Å². The van der Waals surface area contributed by atoms with Crippen molar-refractivity contribution in [1.29, 1.82) is 0 Å². The molecule has 1 aliphatic rings. The molecule has 1 aliphatic heterocycles. The average Bonchev–Trinajstić information content (AvgIpc) is 3.24. The molecule has 8 heteroatoms. The van der Waals surface area contributed by atoms with E-state index in [-0.39, 0.29) is 5.91 Å². The van der Waals surface area contributed by atoms with Crippen LogP contribution in [0.25, 0.3) is 5.69 Å². The molecule has 3 aromatic rings. The lowest BCUT2D eigenvalue weighted by atomic mass is 10.2. The van der Waals surface area contributed by atoms with Gasteiger partial charge in [-0.25, -0.2) is 4.68 Å². The van der Waals surface area contributed by atoms with Crippen LogP contribution in [0.1, 0.15) is 5.56 Å². The van der Waals surface area contributed by atoms with E-state index < -0.39 is 0 Å². The molecule has 0 N–H and O–H groups in total. The predicted molar refractivity (Wildman–Crippen MR) is 111 cm³/mol. The van der Waals surface area contributed by atoms with E-state index in [1.165, 1.54) is 28.7 Å². The Hall–Kier alpha value is -1.67. The second kappa shape index (κ2) is 7.52. The zero-order valence-electron chi connectivity index (χ0n) is 13.6. The van der Waals surface area contributed by atoms with Crippen LogP contribution in [0.5, 0.6) is 0 Å². The lowest BCUT2D eigenvalue weighted by molar-refractivity contribution is -0.116. The van der Waals surface area contributed by atoms with Gasteiger partial charge in [-0.3, -0.25) is 4.79 Å². The molecule has 0 saturated carbocycles. The number of hydrogen-bond acceptors (Lipinski definition) is 5. The molecule has 0 saturated heterocycles. The number of rotatable bonds is 4. The van der Waals surface area contributed by atoms with Gasteiger partial charge < -0.3 is 4.90 Å². The molecule has 0 radical (unpaired) electrons. The number of amides is 1. The van der Waals surface area contributed by atoms with E-state index in [1.54, 1.807) is 16.8 Å². The molecule has 0 aliphatic carbocycles. The molecule has 0 spiro atoms. The quantitative estimate of drug-likeness (QED) is 0.440. The number of carbonyl (C=O) groups excluding carboxylic acids is 1. The number of nitrogens with zero attached hydrogens (tertiary/aromatic N) is 3. The number of halogens is 1. The Morgan fingerprint density at radius 2 is 2.00 bits per heavy atom. The van der Waals surface area contributed by atoms with Crippen molar-refractivity contribution in [2.75, 3.05) is 17.2 Å². The number of hydrogen-bond donors (Lipinski definition) is 0. The molecular formula is C18H14ClN3OS3. The van der Waals surface area contributed by atoms with E-state index in [9.17, 15) is 4.79 Å². The number of benzene rings is 2. The topological polar surface area (TPSA) is 38.1 Å². The number of fused-ring (bicyclic) bond motifs is 1. The van der Waals surface area contributed by atoms with Crippen LogP contribution in [0, 0.1) is 3.95 Å². The van der Waals surface area contributed by atoms with Crippen molar-refractivity contribution in [3.05, 3.63) is 63.1 Å². The van der Waals surface area contributed by atoms with Crippen LogP contribution in [0.15, 0.2) is 52.9 Å². The van der Waals surface area contributed by atoms with Gasteiger partial charge in [-0.1, -0.05) is 52.9 Å². The number of aromatic nitrogens is 2. The van der Waals surface area contributed by atoms with Gasteiger partial charge in [0.15, 0.2) is 8.29 Å². The Bertz CT molecular complexity index is 1010. The van der Waals surface area contributed by atoms with Crippen molar-refractivity contribution in [3.63, 3.8) is 0 Å². The van der Waals surface area contributed by atoms with Gasteiger partial charge in [-0.15, -0.1) is 5.10 Å². The highest BCUT2D eigenvalue weighted by Gasteiger charge is 2.24. The molecule has 0 atom stereocenters. The highest BCUT2D eigenvalue weighted by Crippen LogP contribution is 2.30. The maximum absolute atomic E-state index is 12.6. The minimum atomic E-state index is 0.0964. The molecule has 4 nitrogen and oxygen atoms in total. The Morgan fingerprint density at radius 1 is 1.23 bits per heavy atom. The lowest BCUT2D eigenvalue weighted by Crippen LogP contribution is -2.30. The third kappa shape index (κ3) is 3.57. The predicted octanol–water partition coefficient (Wildman–Crippen LogP) is 5.00. The first-order valence-corrected chi connectivity index (χ1v) is 10.6. The SMILES string of the molecule is O=C(CSc1nn(-c2ccc(Cl)cc2)c(=S)s1)N1CCc2ccccc21. The van der Waals surface area contributed by atoms with E-state index >= 15 is 0 Å². The Morgan fingerprint density at radius 3 is 2.81 bits per heavy atom. The summed E-state index contributed by atoms with van der Waals surface area (Å²) >= 11 is 14.2. The Labute approximate surface area is 169 Å². The summed E-state index contributed by atoms with van der Waals surface area (Å²) in [5.74, 6) is 0.441. The molecule has 4 rings (SSSR count). The van der Waals surface area contributed by atoms with Gasteiger partial charge in [-0.2, -0.15) is 0 Å². The minimum Gasteiger partial charge on any atom is -0.311 e. The molecule has 2 aromatic carbocycles. The van der Waals surface area contributed by atoms with Crippen molar-refractivity contribution >= 4 is 58.5 Å². The van der Waals surface area contributed by atoms with Crippen LogP contribution >= 0.6 is 46.9 Å². The summed E-state index contributed by atoms with van der Waals surface area (Å²) in [4.78, 5) is 14.5. The van der Waals surface area contributed by atoms with Crippen molar-refractivity contribution in [1.82, 2.24) is 9.78 Å². The minimum absolute atomic E-state index is 0.0964. The Balaban J connectivity index is 1.46. The standard InChI is InChI=1S/C18H14ClN3OS3/c19-13-5-7-14(8-6-13)22-18(24)26-17(20-22)25-11-16(23)21-10-9-12-3-1-2-4-15(12)21/h1-8H,9-11H2. The highest BCUT2D eigenvalue weighted by atomic mass is 35.5. The highest BCUT2D eigenvalue weighted by molar-refractivity contribution is 8.01. The molecule has 2 heterocycles. The summed E-state index contributed by atoms with van der Waals surface area (Å²) < 4.78 is 3.13. The normalized spacial score (nSPS) is 13.0. The van der Waals surface area contributed by atoms with Crippen LogP contribution in [0.4, 0.5) is 5.69 Å². The van der Waals surface area contributed by atoms with Crippen molar-refractivity contribution in [3.8, 4) is 5.69 Å². The smallest absolute Gasteiger partial charge is 0.237 e. The summed E-state index contributed by atoms with van der Waals surface area (Å²) in [7, 11) is 0. The molecule has 132 valence electrons. The summed E-state index contributed by atoms with van der Waals surface area (Å²) in [6.45, 7) is 0.744. The summed E-state index contributed by atoms with van der Waals surface area (Å²) in [5, 5.41) is 5.20. The zero-order valence-corrected chi connectivity index (χ0v) is 16.8. The fraction of sp³-hybridized carbons (Fsp3) is 0.167. The second-order valence-electron chi connectivity index (χ2n) is 5.73. The largest absolute Gasteiger partial charge is 0.311 e. The van der Waals surface area contributed by atoms with Crippen LogP contribution in [0.3, 0.4) is 0 Å². The number of carbonyl (C=O) groups is 1. The second-order valence-corrected chi connectivity index (χ2v) is 9.02. The van der Waals surface area contributed by atoms with E-state index in [1.807, 2.05) is 35.2 Å². The molecule has 1 aromatic heterocycles. The van der Waals surface area contributed by atoms with Gasteiger partial charge in [0, 0.05) is 17.3 Å². The monoisotopic (exact) mass is 419 g/mol. The van der Waals surface area contributed by atoms with Crippen LogP contribution in [-0.2, 0) is 11.2 Å². The molecule has 0 fully saturated rings. The fourth-order valence-electron chi connectivity index (χ4n) is 2.86. The molecule has 26 heavy (non-hydrogen) atoms. The first-order chi connectivity index (χ1) is 12.6. The number of thioether (sulfide) groups is 1. The lowest BCUT2D eigenvalue weighted by Gasteiger charge is -2.16. The maximum Gasteiger partial charge on any atom is 0.237 e. The van der Waals surface area contributed by atoms with Crippen LogP contribution < -0.4 is 4.90 Å². The first-order valence-electron chi connectivity index (χ1n) is 7.99. The van der Waals surface area contributed by atoms with Gasteiger partial charge >= 0.3 is 0 Å². The summed E-state index contributed by atoms with van der Waals surface area (Å²) in [5.41, 5.74) is 3.12. The summed E-state index contributed by atoms with van der Waals surface area (Å²) in [6, 6.07) is 15.4. The van der Waals surface area contributed by atoms with Gasteiger partial charge in [0.05, 0.1) is 11.4 Å². The first kappa shape index (κ1) is 17.7. The van der Waals surface area contributed by atoms with Crippen molar-refractivity contribution in [2.45, 2.75) is 10.8 Å². The van der Waals surface area contributed by atoms with Gasteiger partial charge in [0.2, 0.25) is 5.91 Å². The fourth-order valence-corrected chi connectivity index (χ4v) is 5.23. The van der Waals surface area contributed by atoms with Crippen molar-refractivity contribution in [2.24, 2.45) is 0 Å². The van der Waals surface area contributed by atoms with Gasteiger partial charge in [0.1, 0.15) is 0 Å². The average molecular weight is 420 g/mol. The van der Waals surface area contributed by atoms with E-state index in [2.05, 4.69) is 11.2 Å². The van der Waals surface area contributed by atoms with Crippen LogP contribution in [-0.4, -0.2) is 28.0 Å². The zero-order chi connectivity index (χ0) is 18.1. The van der Waals surface area contributed by atoms with Gasteiger partial charge in [0.25, 0.3) is 0 Å². The molecular weight excluding hydrogens is 406 g/mol. The molecule has 1 amide bonds. The van der Waals surface area contributed by atoms with Crippen molar-refractivity contribution < 1.29 is 4.79 Å². The number of para-hydroxylation sites is 1. The van der Waals surface area contributed by atoms with E-state index in [4.69, 9.17) is 23.8 Å². The number of anilines is 1. The van der Waals surface area contributed by atoms with Crippen LogP contribution in [0.2, 0.25) is 5.02 Å².